The number of allylic oxidation sites excluding steroid dienone is 2. The van der Waals surface area contributed by atoms with Crippen LogP contribution in [0, 0.1) is 0 Å². The van der Waals surface area contributed by atoms with E-state index in [4.69, 9.17) is 0 Å². The summed E-state index contributed by atoms with van der Waals surface area (Å²) in [6, 6.07) is 0. The molecule has 0 spiro atoms. The molecule has 0 amide bonds. The van der Waals surface area contributed by atoms with Crippen LogP contribution in [0.4, 0.5) is 0 Å². The Bertz CT molecular complexity index is 119. The van der Waals surface area contributed by atoms with Gasteiger partial charge in [-0.2, -0.15) is 4.74 Å². The molecule has 2 heteroatoms. The van der Waals surface area contributed by atoms with Gasteiger partial charge in [-0.1, -0.05) is 6.58 Å². The highest BCUT2D eigenvalue weighted by Gasteiger charge is 1.84. The van der Waals surface area contributed by atoms with Gasteiger partial charge in [0.2, 0.25) is 8.37 Å². The maximum Gasteiger partial charge on any atom is 0.244 e. The zero-order valence-electron chi connectivity index (χ0n) is 5.36. The van der Waals surface area contributed by atoms with E-state index in [1.807, 2.05) is 13.8 Å². The molecule has 1 nitrogen and oxygen atoms in total. The van der Waals surface area contributed by atoms with E-state index in [-0.39, 0.29) is 0 Å². The van der Waals surface area contributed by atoms with Crippen molar-refractivity contribution in [3.63, 3.8) is 0 Å². The second-order valence-electron chi connectivity index (χ2n) is 1.74. The van der Waals surface area contributed by atoms with E-state index in [1.54, 1.807) is 0 Å². The zero-order valence-corrected chi connectivity index (χ0v) is 6.26. The summed E-state index contributed by atoms with van der Waals surface area (Å²) in [5, 5.41) is 1.10. The molecule has 0 unspecified atom stereocenters. The Morgan fingerprint density at radius 3 is 2.00 bits per heavy atom. The van der Waals surface area contributed by atoms with Crippen molar-refractivity contribution >= 4 is 8.37 Å². The molecule has 0 rings (SSSR count). The van der Waals surface area contributed by atoms with E-state index in [1.165, 1.54) is 0 Å². The molecule has 0 aliphatic rings. The third-order valence-electron chi connectivity index (χ3n) is 0.438. The molecule has 0 bridgehead atoms. The summed E-state index contributed by atoms with van der Waals surface area (Å²) in [7, 11) is 1.06. The Kier molecular flexibility index (Phi) is 3.38. The molecule has 8 heavy (non-hydrogen) atoms. The molecule has 0 heterocycles. The van der Waals surface area contributed by atoms with Gasteiger partial charge in [-0.25, -0.2) is 0 Å². The van der Waals surface area contributed by atoms with Gasteiger partial charge in [0.05, 0.1) is 0 Å². The van der Waals surface area contributed by atoms with Gasteiger partial charge in [0, 0.05) is 12.2 Å². The lowest BCUT2D eigenvalue weighted by Crippen LogP contribution is -2.58. The summed E-state index contributed by atoms with van der Waals surface area (Å²) < 4.78 is 3.02. The van der Waals surface area contributed by atoms with Crippen molar-refractivity contribution in [2.45, 2.75) is 13.8 Å². The molecule has 0 saturated carbocycles. The van der Waals surface area contributed by atoms with Crippen molar-refractivity contribution in [1.82, 2.24) is 0 Å². The first-order valence-corrected chi connectivity index (χ1v) is 3.30. The van der Waals surface area contributed by atoms with Crippen LogP contribution in [0.3, 0.4) is 0 Å². The fourth-order valence-electron chi connectivity index (χ4n) is 0.191. The molecule has 1 N–H and O–H groups in total. The topological polar surface area (TPSA) is 14.0 Å². The maximum absolute atomic E-state index is 3.71. The molecular weight excluding hydrogens is 117 g/mol. The summed E-state index contributed by atoms with van der Waals surface area (Å²) in [5.74, 6) is 0. The first-order valence-electron chi connectivity index (χ1n) is 2.40. The summed E-state index contributed by atoms with van der Waals surface area (Å²) in [4.78, 5) is 0. The number of hydrogen-bond acceptors (Lipinski definition) is 0. The van der Waals surface area contributed by atoms with Gasteiger partial charge in [0.1, 0.15) is 0 Å². The Morgan fingerprint density at radius 1 is 1.38 bits per heavy atom. The minimum atomic E-state index is 0.981. The van der Waals surface area contributed by atoms with Crippen molar-refractivity contribution in [2.75, 3.05) is 0 Å². The SMILES string of the molecule is C=C(C)[NH+]=PC(=C)C. The van der Waals surface area contributed by atoms with Crippen LogP contribution in [0.5, 0.6) is 0 Å². The summed E-state index contributed by atoms with van der Waals surface area (Å²) >= 11 is 0. The van der Waals surface area contributed by atoms with Crippen molar-refractivity contribution in [3.8, 4) is 0 Å². The van der Waals surface area contributed by atoms with Gasteiger partial charge in [-0.05, 0) is 13.5 Å². The number of nitrogens with one attached hydrogen (secondary N) is 1. The first-order chi connectivity index (χ1) is 3.63. The van der Waals surface area contributed by atoms with Crippen LogP contribution in [0.1, 0.15) is 13.8 Å². The maximum atomic E-state index is 3.71. The lowest BCUT2D eigenvalue weighted by molar-refractivity contribution is -0.365. The molecule has 0 aromatic carbocycles. The van der Waals surface area contributed by atoms with Crippen LogP contribution in [-0.2, 0) is 0 Å². The lowest BCUT2D eigenvalue weighted by Gasteiger charge is -1.74. The van der Waals surface area contributed by atoms with E-state index in [2.05, 4.69) is 17.9 Å². The van der Waals surface area contributed by atoms with Gasteiger partial charge in [0.15, 0.2) is 5.70 Å². The molecular formula is C6H11NP+. The van der Waals surface area contributed by atoms with Gasteiger partial charge in [-0.3, -0.25) is 0 Å². The van der Waals surface area contributed by atoms with E-state index < -0.39 is 0 Å². The van der Waals surface area contributed by atoms with Crippen LogP contribution >= 0.6 is 8.37 Å². The molecule has 0 aromatic heterocycles. The smallest absolute Gasteiger partial charge is 0.197 e. The van der Waals surface area contributed by atoms with Crippen molar-refractivity contribution in [2.24, 2.45) is 0 Å². The van der Waals surface area contributed by atoms with Gasteiger partial charge in [0.25, 0.3) is 0 Å². The molecule has 0 atom stereocenters. The number of rotatable bonds is 2. The van der Waals surface area contributed by atoms with Crippen LogP contribution < -0.4 is 4.74 Å². The highest BCUT2D eigenvalue weighted by Crippen LogP contribution is 2.00. The average Bonchev–Trinajstić information content (AvgIpc) is 1.61. The summed E-state index contributed by atoms with van der Waals surface area (Å²) in [6.45, 7) is 11.3. The predicted octanol–water partition coefficient (Wildman–Crippen LogP) is 1.26. The second-order valence-corrected chi connectivity index (χ2v) is 2.95. The van der Waals surface area contributed by atoms with Gasteiger partial charge in [-0.15, -0.1) is 0 Å². The average molecular weight is 128 g/mol. The van der Waals surface area contributed by atoms with Crippen molar-refractivity contribution in [1.29, 1.82) is 0 Å². The van der Waals surface area contributed by atoms with Crippen molar-refractivity contribution in [3.05, 3.63) is 24.2 Å². The molecule has 0 saturated heterocycles. The first kappa shape index (κ1) is 7.58. The molecule has 0 aliphatic heterocycles. The Labute approximate surface area is 52.0 Å². The van der Waals surface area contributed by atoms with Crippen LogP contribution in [0.15, 0.2) is 24.2 Å². The quantitative estimate of drug-likeness (QED) is 0.538. The highest BCUT2D eigenvalue weighted by molar-refractivity contribution is 7.28. The molecule has 44 valence electrons. The molecule has 0 aromatic rings. The highest BCUT2D eigenvalue weighted by atomic mass is 31.1. The third-order valence-corrected chi connectivity index (χ3v) is 1.31. The Morgan fingerprint density at radius 2 is 1.88 bits per heavy atom. The van der Waals surface area contributed by atoms with Gasteiger partial charge < -0.3 is 0 Å². The van der Waals surface area contributed by atoms with Crippen LogP contribution in [-0.4, -0.2) is 0 Å². The third kappa shape index (κ3) is 5.58. The lowest BCUT2D eigenvalue weighted by atomic mass is 10.6. The summed E-state index contributed by atoms with van der Waals surface area (Å²) in [6.07, 6.45) is 0. The normalized spacial score (nSPS) is 9.75. The predicted molar refractivity (Wildman–Crippen MR) is 37.5 cm³/mol. The summed E-state index contributed by atoms with van der Waals surface area (Å²) in [5.41, 5.74) is 0.981. The largest absolute Gasteiger partial charge is 0.244 e. The Balaban J connectivity index is 3.67. The van der Waals surface area contributed by atoms with E-state index in [9.17, 15) is 0 Å². The standard InChI is InChI=1S/C6H10NP/c1-5(2)7-8-6(3)4/h1,3H2,2,4H3/p+1. The minimum absolute atomic E-state index is 0.981. The van der Waals surface area contributed by atoms with Gasteiger partial charge >= 0.3 is 0 Å². The molecule has 0 fully saturated rings. The molecule has 0 radical (unpaired) electrons. The monoisotopic (exact) mass is 128 g/mol. The Hall–Kier alpha value is -0.420. The molecule has 0 aliphatic carbocycles. The second kappa shape index (κ2) is 3.57. The van der Waals surface area contributed by atoms with E-state index in [0.29, 0.717) is 0 Å². The minimum Gasteiger partial charge on any atom is -0.197 e. The van der Waals surface area contributed by atoms with E-state index >= 15 is 0 Å². The fourth-order valence-corrected chi connectivity index (χ4v) is 0.573. The zero-order chi connectivity index (χ0) is 6.57. The number of hydrogen-bond donors (Lipinski definition) is 1. The van der Waals surface area contributed by atoms with Crippen LogP contribution in [0.25, 0.3) is 0 Å². The van der Waals surface area contributed by atoms with Crippen molar-refractivity contribution < 1.29 is 4.74 Å². The fraction of sp³-hybridized carbons (Fsp3) is 0.333. The van der Waals surface area contributed by atoms with E-state index in [0.717, 1.165) is 19.4 Å². The van der Waals surface area contributed by atoms with Crippen LogP contribution in [0.2, 0.25) is 0 Å².